The van der Waals surface area contributed by atoms with E-state index in [9.17, 15) is 4.79 Å². The van der Waals surface area contributed by atoms with Gasteiger partial charge in [0, 0.05) is 36.1 Å². The molecule has 1 unspecified atom stereocenters. The van der Waals surface area contributed by atoms with Gasteiger partial charge in [-0.2, -0.15) is 5.10 Å². The number of benzene rings is 1. The minimum Gasteiger partial charge on any atom is -0.385 e. The van der Waals surface area contributed by atoms with Crippen molar-refractivity contribution >= 4 is 11.6 Å². The lowest BCUT2D eigenvalue weighted by Crippen LogP contribution is -2.32. The van der Waals surface area contributed by atoms with Crippen molar-refractivity contribution in [3.05, 3.63) is 46.8 Å². The fourth-order valence-corrected chi connectivity index (χ4v) is 3.81. The van der Waals surface area contributed by atoms with Crippen LogP contribution in [0.1, 0.15) is 52.5 Å². The quantitative estimate of drug-likeness (QED) is 0.896. The van der Waals surface area contributed by atoms with E-state index >= 15 is 0 Å². The van der Waals surface area contributed by atoms with E-state index in [0.717, 1.165) is 55.5 Å². The zero-order chi connectivity index (χ0) is 15.8. The number of carbonyl (C=O) groups is 1. The maximum absolute atomic E-state index is 12.8. The standard InChI is InChI=1S/C18H22N4O/c1-22-17-9-3-8-16(14(17)11-20-22)21-18(23)13-5-2-7-15-12(13)6-4-10-19-15/h2,5,7,11,16,19H,3-4,6,8-10H2,1H3,(H,21,23). The highest BCUT2D eigenvalue weighted by molar-refractivity contribution is 5.97. The molecule has 1 atom stereocenters. The van der Waals surface area contributed by atoms with Crippen LogP contribution in [-0.2, 0) is 19.9 Å². The minimum absolute atomic E-state index is 0.0345. The van der Waals surface area contributed by atoms with E-state index in [4.69, 9.17) is 0 Å². The maximum Gasteiger partial charge on any atom is 0.252 e. The fourth-order valence-electron chi connectivity index (χ4n) is 3.81. The Bertz CT molecular complexity index is 749. The van der Waals surface area contributed by atoms with Crippen LogP contribution in [0.3, 0.4) is 0 Å². The zero-order valence-electron chi connectivity index (χ0n) is 13.4. The van der Waals surface area contributed by atoms with Crippen LogP contribution >= 0.6 is 0 Å². The Balaban J connectivity index is 1.60. The molecule has 1 aromatic carbocycles. The van der Waals surface area contributed by atoms with E-state index in [2.05, 4.69) is 21.8 Å². The van der Waals surface area contributed by atoms with Gasteiger partial charge in [0.25, 0.3) is 5.91 Å². The summed E-state index contributed by atoms with van der Waals surface area (Å²) in [5.41, 5.74) is 5.49. The van der Waals surface area contributed by atoms with Crippen molar-refractivity contribution < 1.29 is 4.79 Å². The summed E-state index contributed by atoms with van der Waals surface area (Å²) >= 11 is 0. The van der Waals surface area contributed by atoms with Gasteiger partial charge in [-0.3, -0.25) is 9.48 Å². The summed E-state index contributed by atoms with van der Waals surface area (Å²) in [7, 11) is 1.97. The van der Waals surface area contributed by atoms with Crippen LogP contribution in [0.5, 0.6) is 0 Å². The second-order valence-corrected chi connectivity index (χ2v) is 6.45. The van der Waals surface area contributed by atoms with Gasteiger partial charge in [-0.15, -0.1) is 0 Å². The molecule has 1 aliphatic carbocycles. The first kappa shape index (κ1) is 14.3. The molecule has 0 radical (unpaired) electrons. The van der Waals surface area contributed by atoms with Crippen LogP contribution in [0.4, 0.5) is 5.69 Å². The number of amides is 1. The summed E-state index contributed by atoms with van der Waals surface area (Å²) in [6.07, 6.45) is 7.07. The number of aryl methyl sites for hydroxylation is 1. The van der Waals surface area contributed by atoms with Gasteiger partial charge in [0.05, 0.1) is 12.2 Å². The predicted molar refractivity (Wildman–Crippen MR) is 89.6 cm³/mol. The average molecular weight is 310 g/mol. The number of rotatable bonds is 2. The Kier molecular flexibility index (Phi) is 3.56. The van der Waals surface area contributed by atoms with Gasteiger partial charge in [0.1, 0.15) is 0 Å². The van der Waals surface area contributed by atoms with Crippen molar-refractivity contribution in [3.8, 4) is 0 Å². The summed E-state index contributed by atoms with van der Waals surface area (Å²) in [5.74, 6) is 0.0345. The first-order chi connectivity index (χ1) is 11.2. The van der Waals surface area contributed by atoms with Crippen LogP contribution < -0.4 is 10.6 Å². The lowest BCUT2D eigenvalue weighted by atomic mass is 9.92. The number of carbonyl (C=O) groups excluding carboxylic acids is 1. The van der Waals surface area contributed by atoms with E-state index < -0.39 is 0 Å². The molecule has 4 rings (SSSR count). The monoisotopic (exact) mass is 310 g/mol. The third-order valence-electron chi connectivity index (χ3n) is 5.02. The van der Waals surface area contributed by atoms with Crippen LogP contribution in [0.2, 0.25) is 0 Å². The molecule has 2 aliphatic rings. The molecule has 1 aromatic heterocycles. The van der Waals surface area contributed by atoms with Crippen LogP contribution in [0.25, 0.3) is 0 Å². The number of anilines is 1. The number of fused-ring (bicyclic) bond motifs is 2. The molecule has 1 amide bonds. The molecule has 0 fully saturated rings. The number of hydrogen-bond donors (Lipinski definition) is 2. The zero-order valence-corrected chi connectivity index (χ0v) is 13.4. The smallest absolute Gasteiger partial charge is 0.252 e. The molecule has 5 heteroatoms. The number of nitrogens with zero attached hydrogens (tertiary/aromatic N) is 2. The molecular formula is C18H22N4O. The molecule has 0 spiro atoms. The van der Waals surface area contributed by atoms with Gasteiger partial charge in [-0.25, -0.2) is 0 Å². The molecular weight excluding hydrogens is 288 g/mol. The van der Waals surface area contributed by atoms with Crippen LogP contribution in [0, 0.1) is 0 Å². The molecule has 1 aliphatic heterocycles. The predicted octanol–water partition coefficient (Wildman–Crippen LogP) is 2.59. The van der Waals surface area contributed by atoms with E-state index in [-0.39, 0.29) is 11.9 Å². The topological polar surface area (TPSA) is 59.0 Å². The number of nitrogens with one attached hydrogen (secondary N) is 2. The fraction of sp³-hybridized carbons (Fsp3) is 0.444. The Morgan fingerprint density at radius 2 is 2.26 bits per heavy atom. The average Bonchev–Trinajstić information content (AvgIpc) is 2.97. The van der Waals surface area contributed by atoms with Crippen molar-refractivity contribution in [1.29, 1.82) is 0 Å². The van der Waals surface area contributed by atoms with Gasteiger partial charge in [0.2, 0.25) is 0 Å². The Morgan fingerprint density at radius 3 is 3.17 bits per heavy atom. The van der Waals surface area contributed by atoms with Crippen molar-refractivity contribution in [1.82, 2.24) is 15.1 Å². The van der Waals surface area contributed by atoms with Crippen LogP contribution in [-0.4, -0.2) is 22.2 Å². The molecule has 23 heavy (non-hydrogen) atoms. The largest absolute Gasteiger partial charge is 0.385 e. The molecule has 120 valence electrons. The molecule has 0 saturated carbocycles. The molecule has 2 heterocycles. The van der Waals surface area contributed by atoms with Gasteiger partial charge >= 0.3 is 0 Å². The third-order valence-corrected chi connectivity index (χ3v) is 5.02. The van der Waals surface area contributed by atoms with Gasteiger partial charge in [0.15, 0.2) is 0 Å². The lowest BCUT2D eigenvalue weighted by molar-refractivity contribution is 0.0931. The van der Waals surface area contributed by atoms with E-state index in [1.165, 1.54) is 11.3 Å². The molecule has 5 nitrogen and oxygen atoms in total. The van der Waals surface area contributed by atoms with Crippen molar-refractivity contribution in [2.75, 3.05) is 11.9 Å². The van der Waals surface area contributed by atoms with Crippen LogP contribution in [0.15, 0.2) is 24.4 Å². The lowest BCUT2D eigenvalue weighted by Gasteiger charge is -2.25. The van der Waals surface area contributed by atoms with Crippen molar-refractivity contribution in [2.45, 2.75) is 38.1 Å². The van der Waals surface area contributed by atoms with Gasteiger partial charge in [-0.05, 0) is 49.8 Å². The Morgan fingerprint density at radius 1 is 1.35 bits per heavy atom. The molecule has 0 bridgehead atoms. The minimum atomic E-state index is 0.0345. The Labute approximate surface area is 136 Å². The van der Waals surface area contributed by atoms with Gasteiger partial charge in [-0.1, -0.05) is 6.07 Å². The third kappa shape index (κ3) is 2.50. The first-order valence-electron chi connectivity index (χ1n) is 8.41. The summed E-state index contributed by atoms with van der Waals surface area (Å²) in [6, 6.07) is 6.04. The van der Waals surface area contributed by atoms with Crippen molar-refractivity contribution in [3.63, 3.8) is 0 Å². The van der Waals surface area contributed by atoms with E-state index in [1.54, 1.807) is 0 Å². The van der Waals surface area contributed by atoms with Crippen molar-refractivity contribution in [2.24, 2.45) is 7.05 Å². The molecule has 2 aromatic rings. The highest BCUT2D eigenvalue weighted by Crippen LogP contribution is 2.30. The highest BCUT2D eigenvalue weighted by atomic mass is 16.1. The second kappa shape index (κ2) is 5.72. The van der Waals surface area contributed by atoms with E-state index in [1.807, 2.05) is 30.1 Å². The first-order valence-corrected chi connectivity index (χ1v) is 8.41. The van der Waals surface area contributed by atoms with Gasteiger partial charge < -0.3 is 10.6 Å². The number of aromatic nitrogens is 2. The molecule has 0 saturated heterocycles. The highest BCUT2D eigenvalue weighted by Gasteiger charge is 2.26. The molecule has 2 N–H and O–H groups in total. The number of hydrogen-bond acceptors (Lipinski definition) is 3. The second-order valence-electron chi connectivity index (χ2n) is 6.45. The SMILES string of the molecule is Cn1ncc2c1CCCC2NC(=O)c1cccc2c1CCCN2. The summed E-state index contributed by atoms with van der Waals surface area (Å²) in [4.78, 5) is 12.8. The summed E-state index contributed by atoms with van der Waals surface area (Å²) in [5, 5.41) is 11.0. The summed E-state index contributed by atoms with van der Waals surface area (Å²) in [6.45, 7) is 0.986. The van der Waals surface area contributed by atoms with E-state index in [0.29, 0.717) is 0 Å². The maximum atomic E-state index is 12.8. The summed E-state index contributed by atoms with van der Waals surface area (Å²) < 4.78 is 1.93. The normalized spacial score (nSPS) is 19.4. The Hall–Kier alpha value is -2.30.